The number of anilines is 1. The summed E-state index contributed by atoms with van der Waals surface area (Å²) < 4.78 is 41.5. The lowest BCUT2D eigenvalue weighted by atomic mass is 10.1. The summed E-state index contributed by atoms with van der Waals surface area (Å²) in [5.74, 6) is -0.602. The fourth-order valence-corrected chi connectivity index (χ4v) is 5.85. The van der Waals surface area contributed by atoms with Crippen LogP contribution >= 0.6 is 11.6 Å². The lowest BCUT2D eigenvalue weighted by Gasteiger charge is -2.36. The first-order valence-corrected chi connectivity index (χ1v) is 12.3. The highest BCUT2D eigenvalue weighted by molar-refractivity contribution is 7.89. The average Bonchev–Trinajstić information content (AvgIpc) is 2.80. The third kappa shape index (κ3) is 4.56. The standard InChI is InChI=1S/C22H25ClFN3O3S/c23-19-9-8-17(31(29,30)27-10-4-1-5-11-27)16-18(19)22(28)26-14-12-25(13-15-26)21-7-3-2-6-20(21)24/h2-3,6-9,16H,1,4-5,10-15H2. The second-order valence-electron chi connectivity index (χ2n) is 7.84. The third-order valence-corrected chi connectivity index (χ3v) is 8.11. The number of sulfonamides is 1. The number of hydrogen-bond acceptors (Lipinski definition) is 4. The van der Waals surface area contributed by atoms with Crippen molar-refractivity contribution in [2.45, 2.75) is 24.2 Å². The van der Waals surface area contributed by atoms with Crippen molar-refractivity contribution in [2.75, 3.05) is 44.2 Å². The van der Waals surface area contributed by atoms with Crippen LogP contribution in [0.4, 0.5) is 10.1 Å². The molecule has 0 spiro atoms. The molecule has 2 aliphatic heterocycles. The molecular formula is C22H25ClFN3O3S. The summed E-state index contributed by atoms with van der Waals surface area (Å²) in [5, 5.41) is 0.221. The molecule has 0 unspecified atom stereocenters. The lowest BCUT2D eigenvalue weighted by Crippen LogP contribution is -2.49. The van der Waals surface area contributed by atoms with Gasteiger partial charge in [-0.3, -0.25) is 4.79 Å². The minimum Gasteiger partial charge on any atom is -0.366 e. The number of benzene rings is 2. The number of amides is 1. The number of rotatable bonds is 4. The van der Waals surface area contributed by atoms with Gasteiger partial charge in [0.15, 0.2) is 0 Å². The predicted octanol–water partition coefficient (Wildman–Crippen LogP) is 3.62. The van der Waals surface area contributed by atoms with Gasteiger partial charge in [0.25, 0.3) is 5.91 Å². The maximum Gasteiger partial charge on any atom is 0.255 e. The summed E-state index contributed by atoms with van der Waals surface area (Å²) in [4.78, 5) is 16.8. The molecular weight excluding hydrogens is 441 g/mol. The summed E-state index contributed by atoms with van der Waals surface area (Å²) in [6.07, 6.45) is 2.70. The number of piperazine rings is 1. The molecule has 1 amide bonds. The van der Waals surface area contributed by atoms with E-state index in [4.69, 9.17) is 11.6 Å². The summed E-state index contributed by atoms with van der Waals surface area (Å²) >= 11 is 6.28. The quantitative estimate of drug-likeness (QED) is 0.692. The van der Waals surface area contributed by atoms with Gasteiger partial charge < -0.3 is 9.80 Å². The fraction of sp³-hybridized carbons (Fsp3) is 0.409. The number of carbonyl (C=O) groups is 1. The first-order chi connectivity index (χ1) is 14.9. The maximum absolute atomic E-state index is 14.1. The fourth-order valence-electron chi connectivity index (χ4n) is 4.11. The van der Waals surface area contributed by atoms with Crippen LogP contribution in [-0.2, 0) is 10.0 Å². The van der Waals surface area contributed by atoms with Gasteiger partial charge in [-0.2, -0.15) is 4.31 Å². The van der Waals surface area contributed by atoms with Gasteiger partial charge in [-0.1, -0.05) is 30.2 Å². The molecule has 2 aliphatic rings. The van der Waals surface area contributed by atoms with Crippen molar-refractivity contribution in [3.05, 3.63) is 58.9 Å². The molecule has 6 nitrogen and oxygen atoms in total. The molecule has 0 aliphatic carbocycles. The van der Waals surface area contributed by atoms with Gasteiger partial charge >= 0.3 is 0 Å². The van der Waals surface area contributed by atoms with Gasteiger partial charge in [-0.25, -0.2) is 12.8 Å². The van der Waals surface area contributed by atoms with Gasteiger partial charge in [0, 0.05) is 39.3 Å². The largest absolute Gasteiger partial charge is 0.366 e. The number of piperidine rings is 1. The van der Waals surface area contributed by atoms with Crippen molar-refractivity contribution in [3.63, 3.8) is 0 Å². The molecule has 166 valence electrons. The number of para-hydroxylation sites is 1. The Morgan fingerprint density at radius 1 is 0.903 bits per heavy atom. The van der Waals surface area contributed by atoms with E-state index in [2.05, 4.69) is 0 Å². The van der Waals surface area contributed by atoms with Gasteiger partial charge in [-0.15, -0.1) is 0 Å². The molecule has 0 N–H and O–H groups in total. The lowest BCUT2D eigenvalue weighted by molar-refractivity contribution is 0.0746. The van der Waals surface area contributed by atoms with Gasteiger partial charge in [0.2, 0.25) is 10.0 Å². The highest BCUT2D eigenvalue weighted by Crippen LogP contribution is 2.27. The van der Waals surface area contributed by atoms with E-state index in [9.17, 15) is 17.6 Å². The zero-order valence-corrected chi connectivity index (χ0v) is 18.7. The van der Waals surface area contributed by atoms with Crippen LogP contribution in [0.3, 0.4) is 0 Å². The number of halogens is 2. The second-order valence-corrected chi connectivity index (χ2v) is 10.2. The normalized spacial score (nSPS) is 18.3. The van der Waals surface area contributed by atoms with Crippen LogP contribution in [0.1, 0.15) is 29.6 Å². The Morgan fingerprint density at radius 2 is 1.58 bits per heavy atom. The van der Waals surface area contributed by atoms with E-state index in [-0.39, 0.29) is 27.2 Å². The zero-order chi connectivity index (χ0) is 22.0. The Hall–Kier alpha value is -2.16. The molecule has 4 rings (SSSR count). The van der Waals surface area contributed by atoms with Crippen molar-refractivity contribution < 1.29 is 17.6 Å². The van der Waals surface area contributed by atoms with Crippen molar-refractivity contribution in [1.82, 2.24) is 9.21 Å². The first-order valence-electron chi connectivity index (χ1n) is 10.5. The highest BCUT2D eigenvalue weighted by atomic mass is 35.5. The van der Waals surface area contributed by atoms with Crippen LogP contribution in [0.5, 0.6) is 0 Å². The van der Waals surface area contributed by atoms with E-state index in [1.54, 1.807) is 23.1 Å². The predicted molar refractivity (Wildman–Crippen MR) is 119 cm³/mol. The average molecular weight is 466 g/mol. The van der Waals surface area contributed by atoms with Crippen LogP contribution in [0.2, 0.25) is 5.02 Å². The molecule has 2 aromatic carbocycles. The third-order valence-electron chi connectivity index (χ3n) is 5.88. The Kier molecular flexibility index (Phi) is 6.50. The maximum atomic E-state index is 14.1. The van der Waals surface area contributed by atoms with E-state index in [0.717, 1.165) is 19.3 Å². The molecule has 0 bridgehead atoms. The zero-order valence-electron chi connectivity index (χ0n) is 17.1. The van der Waals surface area contributed by atoms with Crippen LogP contribution < -0.4 is 4.90 Å². The van der Waals surface area contributed by atoms with E-state index in [0.29, 0.717) is 45.0 Å². The van der Waals surface area contributed by atoms with Crippen molar-refractivity contribution >= 4 is 33.2 Å². The Labute approximate surface area is 187 Å². The van der Waals surface area contributed by atoms with E-state index in [1.807, 2.05) is 4.90 Å². The second kappa shape index (κ2) is 9.14. The molecule has 0 atom stereocenters. The molecule has 2 fully saturated rings. The smallest absolute Gasteiger partial charge is 0.255 e. The van der Waals surface area contributed by atoms with Crippen molar-refractivity contribution in [2.24, 2.45) is 0 Å². The highest BCUT2D eigenvalue weighted by Gasteiger charge is 2.29. The van der Waals surface area contributed by atoms with Gasteiger partial charge in [0.1, 0.15) is 5.82 Å². The van der Waals surface area contributed by atoms with E-state index in [1.165, 1.54) is 28.6 Å². The summed E-state index contributed by atoms with van der Waals surface area (Å²) in [6.45, 7) is 2.74. The SMILES string of the molecule is O=C(c1cc(S(=O)(=O)N2CCCCC2)ccc1Cl)N1CCN(c2ccccc2F)CC1. The summed E-state index contributed by atoms with van der Waals surface area (Å²) in [7, 11) is -3.66. The molecule has 9 heteroatoms. The number of nitrogens with zero attached hydrogens (tertiary/aromatic N) is 3. The number of carbonyl (C=O) groups excluding carboxylic acids is 1. The molecule has 0 aromatic heterocycles. The van der Waals surface area contributed by atoms with E-state index >= 15 is 0 Å². The van der Waals surface area contributed by atoms with Crippen molar-refractivity contribution in [3.8, 4) is 0 Å². The molecule has 31 heavy (non-hydrogen) atoms. The molecule has 0 radical (unpaired) electrons. The molecule has 0 saturated carbocycles. The topological polar surface area (TPSA) is 60.9 Å². The van der Waals surface area contributed by atoms with Crippen LogP contribution in [0.25, 0.3) is 0 Å². The molecule has 2 aromatic rings. The summed E-state index contributed by atoms with van der Waals surface area (Å²) in [6, 6.07) is 10.9. The monoisotopic (exact) mass is 465 g/mol. The first kappa shape index (κ1) is 22.0. The van der Waals surface area contributed by atoms with Crippen LogP contribution in [0, 0.1) is 5.82 Å². The Balaban J connectivity index is 1.50. The summed E-state index contributed by atoms with van der Waals surface area (Å²) in [5.41, 5.74) is 0.696. The van der Waals surface area contributed by atoms with E-state index < -0.39 is 10.0 Å². The van der Waals surface area contributed by atoms with Crippen LogP contribution in [0.15, 0.2) is 47.4 Å². The van der Waals surface area contributed by atoms with Crippen molar-refractivity contribution in [1.29, 1.82) is 0 Å². The Bertz CT molecular complexity index is 1070. The van der Waals surface area contributed by atoms with Gasteiger partial charge in [0.05, 0.1) is 21.2 Å². The molecule has 2 heterocycles. The minimum atomic E-state index is -3.66. The molecule has 2 saturated heterocycles. The number of hydrogen-bond donors (Lipinski definition) is 0. The minimum absolute atomic E-state index is 0.0899. The van der Waals surface area contributed by atoms with Crippen LogP contribution in [-0.4, -0.2) is 62.8 Å². The Morgan fingerprint density at radius 3 is 2.26 bits per heavy atom. The van der Waals surface area contributed by atoms with Gasteiger partial charge in [-0.05, 0) is 43.2 Å².